The number of benzene rings is 1. The first kappa shape index (κ1) is 26.1. The van der Waals surface area contributed by atoms with Crippen molar-refractivity contribution >= 4 is 40.0 Å². The highest BCUT2D eigenvalue weighted by Gasteiger charge is 2.32. The Kier molecular flexibility index (Phi) is 6.81. The molecule has 0 amide bonds. The summed E-state index contributed by atoms with van der Waals surface area (Å²) >= 11 is 6.70. The molecule has 2 aliphatic rings. The van der Waals surface area contributed by atoms with Crippen molar-refractivity contribution in [1.82, 2.24) is 19.4 Å². The molecule has 2 saturated heterocycles. The molecule has 11 heteroatoms. The zero-order valence-corrected chi connectivity index (χ0v) is 23.0. The Hall–Kier alpha value is -4.15. The predicted molar refractivity (Wildman–Crippen MR) is 154 cm³/mol. The zero-order chi connectivity index (χ0) is 28.0. The lowest BCUT2D eigenvalue weighted by Crippen LogP contribution is -2.57. The van der Waals surface area contributed by atoms with Gasteiger partial charge in [-0.1, -0.05) is 17.7 Å². The van der Waals surface area contributed by atoms with E-state index in [9.17, 15) is 14.7 Å². The van der Waals surface area contributed by atoms with Crippen LogP contribution in [0.1, 0.15) is 16.8 Å². The van der Waals surface area contributed by atoms with Crippen molar-refractivity contribution < 1.29 is 14.6 Å². The van der Waals surface area contributed by atoms with Crippen LogP contribution >= 0.6 is 11.6 Å². The van der Waals surface area contributed by atoms with E-state index in [-0.39, 0.29) is 17.0 Å². The van der Waals surface area contributed by atoms with Crippen molar-refractivity contribution in [3.05, 3.63) is 81.9 Å². The second-order valence-electron chi connectivity index (χ2n) is 10.4. The fraction of sp³-hybridized carbons (Fsp3) is 0.310. The standard InChI is InChI=1S/C29H29ClN6O4/c1-33(2)20-14-34(15-20)26-7-6-18(13-32-26)36-16-22(29(38)39)28(37)21-11-23(30)25(12-24(21)36)35-10-8-19(35)17-40-27-5-3-4-9-31-27/h3-7,9,11-13,16,19-20H,8,10,14-15,17H2,1-2H3,(H,38,39). The highest BCUT2D eigenvalue weighted by molar-refractivity contribution is 6.34. The molecule has 0 aliphatic carbocycles. The van der Waals surface area contributed by atoms with Gasteiger partial charge >= 0.3 is 5.97 Å². The molecule has 2 aliphatic heterocycles. The summed E-state index contributed by atoms with van der Waals surface area (Å²) in [6, 6.07) is 13.3. The van der Waals surface area contributed by atoms with Crippen molar-refractivity contribution in [1.29, 1.82) is 0 Å². The van der Waals surface area contributed by atoms with Gasteiger partial charge in [0.1, 0.15) is 18.0 Å². The maximum atomic E-state index is 13.2. The minimum absolute atomic E-state index is 0.0823. The summed E-state index contributed by atoms with van der Waals surface area (Å²) in [5.41, 5.74) is 1.05. The summed E-state index contributed by atoms with van der Waals surface area (Å²) in [5, 5.41) is 10.4. The number of aromatic nitrogens is 3. The van der Waals surface area contributed by atoms with Gasteiger partial charge in [-0.2, -0.15) is 0 Å². The molecule has 4 aromatic rings. The van der Waals surface area contributed by atoms with Gasteiger partial charge in [-0.15, -0.1) is 0 Å². The first-order valence-electron chi connectivity index (χ1n) is 13.1. The maximum Gasteiger partial charge on any atom is 0.341 e. The molecule has 1 unspecified atom stereocenters. The smallest absolute Gasteiger partial charge is 0.341 e. The number of ether oxygens (including phenoxy) is 1. The number of fused-ring (bicyclic) bond motifs is 1. The van der Waals surface area contributed by atoms with Gasteiger partial charge in [0.2, 0.25) is 11.3 Å². The van der Waals surface area contributed by atoms with E-state index in [0.717, 1.165) is 37.6 Å². The molecule has 206 valence electrons. The molecule has 1 aromatic carbocycles. The van der Waals surface area contributed by atoms with E-state index in [0.29, 0.717) is 34.8 Å². The Morgan fingerprint density at radius 3 is 2.62 bits per heavy atom. The first-order valence-corrected chi connectivity index (χ1v) is 13.5. The monoisotopic (exact) mass is 560 g/mol. The van der Waals surface area contributed by atoms with Gasteiger partial charge in [0.05, 0.1) is 34.2 Å². The van der Waals surface area contributed by atoms with E-state index >= 15 is 0 Å². The number of aromatic carboxylic acids is 1. The summed E-state index contributed by atoms with van der Waals surface area (Å²) < 4.78 is 7.58. The molecule has 0 spiro atoms. The van der Waals surface area contributed by atoms with E-state index in [4.69, 9.17) is 16.3 Å². The Balaban J connectivity index is 1.35. The van der Waals surface area contributed by atoms with Gasteiger partial charge in [-0.25, -0.2) is 14.8 Å². The Morgan fingerprint density at radius 1 is 1.18 bits per heavy atom. The van der Waals surface area contributed by atoms with Gasteiger partial charge in [0.25, 0.3) is 0 Å². The summed E-state index contributed by atoms with van der Waals surface area (Å²) in [7, 11) is 4.13. The number of hydrogen-bond donors (Lipinski definition) is 1. The lowest BCUT2D eigenvalue weighted by atomic mass is 10.0. The van der Waals surface area contributed by atoms with Crippen LogP contribution in [0, 0.1) is 0 Å². The van der Waals surface area contributed by atoms with Crippen LogP contribution in [0.5, 0.6) is 5.88 Å². The lowest BCUT2D eigenvalue weighted by molar-refractivity contribution is 0.0695. The quantitative estimate of drug-likeness (QED) is 0.346. The lowest BCUT2D eigenvalue weighted by Gasteiger charge is -2.43. The molecule has 0 saturated carbocycles. The van der Waals surface area contributed by atoms with E-state index in [1.807, 2.05) is 36.4 Å². The summed E-state index contributed by atoms with van der Waals surface area (Å²) in [4.78, 5) is 40.5. The third-order valence-electron chi connectivity index (χ3n) is 7.74. The van der Waals surface area contributed by atoms with Crippen LogP contribution in [-0.4, -0.2) is 82.9 Å². The molecule has 0 radical (unpaired) electrons. The third-order valence-corrected chi connectivity index (χ3v) is 8.05. The van der Waals surface area contributed by atoms with E-state index in [2.05, 4.69) is 38.8 Å². The summed E-state index contributed by atoms with van der Waals surface area (Å²) in [6.07, 6.45) is 5.67. The number of carbonyl (C=O) groups is 1. The fourth-order valence-corrected chi connectivity index (χ4v) is 5.41. The van der Waals surface area contributed by atoms with Crippen molar-refractivity contribution in [3.63, 3.8) is 0 Å². The Labute approximate surface area is 236 Å². The number of pyridine rings is 3. The summed E-state index contributed by atoms with van der Waals surface area (Å²) in [6.45, 7) is 3.00. The largest absolute Gasteiger partial charge is 0.477 e. The average Bonchev–Trinajstić information content (AvgIpc) is 2.89. The molecule has 10 nitrogen and oxygen atoms in total. The molecule has 5 heterocycles. The van der Waals surface area contributed by atoms with Crippen LogP contribution in [0.15, 0.2) is 65.8 Å². The van der Waals surface area contributed by atoms with Crippen molar-refractivity contribution in [2.45, 2.75) is 18.5 Å². The SMILES string of the molecule is CN(C)C1CN(c2ccc(-n3cc(C(=O)O)c(=O)c4cc(Cl)c(N5CCC5COc5ccccn5)cc43)cn2)C1. The van der Waals surface area contributed by atoms with Crippen LogP contribution in [0.2, 0.25) is 5.02 Å². The Bertz CT molecular complexity index is 1620. The number of hydrogen-bond acceptors (Lipinski definition) is 8. The number of nitrogens with zero attached hydrogens (tertiary/aromatic N) is 6. The second-order valence-corrected chi connectivity index (χ2v) is 10.8. The summed E-state index contributed by atoms with van der Waals surface area (Å²) in [5.74, 6) is 0.112. The predicted octanol–water partition coefficient (Wildman–Crippen LogP) is 3.54. The van der Waals surface area contributed by atoms with E-state index in [1.54, 1.807) is 23.0 Å². The van der Waals surface area contributed by atoms with E-state index < -0.39 is 11.4 Å². The molecular formula is C29H29ClN6O4. The van der Waals surface area contributed by atoms with Crippen LogP contribution in [0.25, 0.3) is 16.6 Å². The second kappa shape index (κ2) is 10.4. The van der Waals surface area contributed by atoms with Crippen LogP contribution in [0.4, 0.5) is 11.5 Å². The van der Waals surface area contributed by atoms with Crippen molar-refractivity contribution in [2.75, 3.05) is 50.1 Å². The third kappa shape index (κ3) is 4.73. The molecule has 6 rings (SSSR count). The van der Waals surface area contributed by atoms with Gasteiger partial charge in [-0.3, -0.25) is 4.79 Å². The molecule has 2 fully saturated rings. The molecular weight excluding hydrogens is 532 g/mol. The van der Waals surface area contributed by atoms with Gasteiger partial charge < -0.3 is 29.1 Å². The number of carboxylic acid groups (broad SMARTS) is 1. The highest BCUT2D eigenvalue weighted by Crippen LogP contribution is 2.36. The molecule has 1 atom stereocenters. The number of halogens is 1. The van der Waals surface area contributed by atoms with Crippen molar-refractivity contribution in [2.24, 2.45) is 0 Å². The number of carboxylic acids is 1. The minimum atomic E-state index is -1.30. The molecule has 0 bridgehead atoms. The van der Waals surface area contributed by atoms with Gasteiger partial charge in [0.15, 0.2) is 0 Å². The number of likely N-dealkylation sites (N-methyl/N-ethyl adjacent to an activating group) is 1. The zero-order valence-electron chi connectivity index (χ0n) is 22.2. The minimum Gasteiger partial charge on any atom is -0.477 e. The topological polar surface area (TPSA) is 104 Å². The van der Waals surface area contributed by atoms with Gasteiger partial charge in [0, 0.05) is 49.5 Å². The highest BCUT2D eigenvalue weighted by atomic mass is 35.5. The molecule has 40 heavy (non-hydrogen) atoms. The fourth-order valence-electron chi connectivity index (χ4n) is 5.14. The molecule has 3 aromatic heterocycles. The van der Waals surface area contributed by atoms with E-state index in [1.165, 1.54) is 6.20 Å². The van der Waals surface area contributed by atoms with Crippen LogP contribution in [-0.2, 0) is 0 Å². The number of anilines is 2. The van der Waals surface area contributed by atoms with Crippen LogP contribution in [0.3, 0.4) is 0 Å². The Morgan fingerprint density at radius 2 is 2.00 bits per heavy atom. The number of rotatable bonds is 8. The normalized spacial score (nSPS) is 17.1. The van der Waals surface area contributed by atoms with Crippen molar-refractivity contribution in [3.8, 4) is 11.6 Å². The maximum absolute atomic E-state index is 13.2. The van der Waals surface area contributed by atoms with Gasteiger partial charge in [-0.05, 0) is 50.8 Å². The molecule has 1 N–H and O–H groups in total. The van der Waals surface area contributed by atoms with Crippen LogP contribution < -0.4 is 20.0 Å². The first-order chi connectivity index (χ1) is 19.3. The average molecular weight is 561 g/mol.